The number of carboxylic acids is 2. The first kappa shape index (κ1) is 9.50. The summed E-state index contributed by atoms with van der Waals surface area (Å²) in [4.78, 5) is 31.1. The van der Waals surface area contributed by atoms with Gasteiger partial charge in [0, 0.05) is 11.9 Å². The van der Waals surface area contributed by atoms with E-state index in [1.165, 1.54) is 0 Å². The molecule has 0 aromatic heterocycles. The largest absolute Gasteiger partial charge is 0.550 e. The maximum atomic E-state index is 10.6. The van der Waals surface area contributed by atoms with Crippen molar-refractivity contribution in [1.82, 2.24) is 0 Å². The van der Waals surface area contributed by atoms with Crippen molar-refractivity contribution in [2.75, 3.05) is 0 Å². The molecular weight excluding hydrogens is 180 g/mol. The maximum Gasteiger partial charge on any atom is 0.306 e. The van der Waals surface area contributed by atoms with Crippen LogP contribution in [0.3, 0.4) is 0 Å². The van der Waals surface area contributed by atoms with Gasteiger partial charge in [0.2, 0.25) is 0 Å². The van der Waals surface area contributed by atoms with Crippen molar-refractivity contribution in [1.29, 1.82) is 0 Å². The summed E-state index contributed by atoms with van der Waals surface area (Å²) in [5, 5.41) is 20.5. The zero-order valence-corrected chi connectivity index (χ0v) is 6.52. The van der Waals surface area contributed by atoms with Crippen molar-refractivity contribution in [3.05, 3.63) is 0 Å². The van der Waals surface area contributed by atoms with Crippen molar-refractivity contribution >= 4 is 17.9 Å². The molecule has 0 saturated carbocycles. The van der Waals surface area contributed by atoms with Gasteiger partial charge in [-0.25, -0.2) is 0 Å². The molecule has 1 fully saturated rings. The van der Waals surface area contributed by atoms with Crippen LogP contribution in [0.1, 0.15) is 12.8 Å². The fraction of sp³-hybridized carbons (Fsp3) is 0.571. The summed E-state index contributed by atoms with van der Waals surface area (Å²) in [6.45, 7) is 0. The molecule has 1 rings (SSSR count). The van der Waals surface area contributed by atoms with Gasteiger partial charge in [-0.1, -0.05) is 0 Å². The zero-order valence-electron chi connectivity index (χ0n) is 6.52. The molecule has 0 unspecified atom stereocenters. The number of carbonyl (C=O) groups is 3. The molecule has 13 heavy (non-hydrogen) atoms. The van der Waals surface area contributed by atoms with Crippen molar-refractivity contribution in [3.8, 4) is 0 Å². The van der Waals surface area contributed by atoms with Gasteiger partial charge >= 0.3 is 5.97 Å². The van der Waals surface area contributed by atoms with Crippen LogP contribution >= 0.6 is 0 Å². The quantitative estimate of drug-likeness (QED) is 0.430. The van der Waals surface area contributed by atoms with Gasteiger partial charge in [0.05, 0.1) is 12.4 Å². The van der Waals surface area contributed by atoms with Crippen molar-refractivity contribution in [2.45, 2.75) is 18.9 Å². The van der Waals surface area contributed by atoms with E-state index in [4.69, 9.17) is 0 Å². The minimum absolute atomic E-state index is 0.216. The molecule has 6 nitrogen and oxygen atoms in total. The lowest BCUT2D eigenvalue weighted by Crippen LogP contribution is -2.41. The summed E-state index contributed by atoms with van der Waals surface area (Å²) in [6.07, 6.45) is -2.18. The number of carboxylic acid groups (broad SMARTS) is 2. The molecular formula is C7H6O6-2. The number of esters is 1. The summed E-state index contributed by atoms with van der Waals surface area (Å²) in [5.74, 6) is -4.57. The van der Waals surface area contributed by atoms with Crippen LogP contribution < -0.4 is 10.2 Å². The third-order valence-electron chi connectivity index (χ3n) is 1.78. The number of ether oxygens (including phenoxy) is 1. The van der Waals surface area contributed by atoms with Crippen LogP contribution in [0.2, 0.25) is 0 Å². The molecule has 1 saturated heterocycles. The molecule has 1 aliphatic heterocycles. The van der Waals surface area contributed by atoms with Crippen LogP contribution in [0.15, 0.2) is 0 Å². The normalized spacial score (nSPS) is 26.9. The van der Waals surface area contributed by atoms with E-state index < -0.39 is 36.4 Å². The van der Waals surface area contributed by atoms with E-state index in [1.54, 1.807) is 0 Å². The molecule has 2 atom stereocenters. The van der Waals surface area contributed by atoms with E-state index in [1.807, 2.05) is 0 Å². The maximum absolute atomic E-state index is 10.6. The highest BCUT2D eigenvalue weighted by Crippen LogP contribution is 2.24. The topological polar surface area (TPSA) is 107 Å². The Balaban J connectivity index is 2.66. The first-order chi connectivity index (χ1) is 6.00. The summed E-state index contributed by atoms with van der Waals surface area (Å²) in [7, 11) is 0. The predicted molar refractivity (Wildman–Crippen MR) is 32.6 cm³/mol. The average Bonchev–Trinajstić information content (AvgIpc) is 2.29. The van der Waals surface area contributed by atoms with Gasteiger partial charge in [0.25, 0.3) is 0 Å². The Kier molecular flexibility index (Phi) is 2.50. The first-order valence-corrected chi connectivity index (χ1v) is 3.61. The van der Waals surface area contributed by atoms with Crippen LogP contribution in [-0.4, -0.2) is 24.0 Å². The van der Waals surface area contributed by atoms with Crippen LogP contribution in [-0.2, 0) is 19.1 Å². The lowest BCUT2D eigenvalue weighted by atomic mass is 9.98. The molecule has 1 heterocycles. The van der Waals surface area contributed by atoms with Crippen molar-refractivity contribution in [2.24, 2.45) is 5.92 Å². The fourth-order valence-electron chi connectivity index (χ4n) is 1.24. The van der Waals surface area contributed by atoms with Gasteiger partial charge in [0.15, 0.2) is 0 Å². The number of carbonyl (C=O) groups excluding carboxylic acids is 3. The molecule has 0 N–H and O–H groups in total. The van der Waals surface area contributed by atoms with Gasteiger partial charge < -0.3 is 24.5 Å². The smallest absolute Gasteiger partial charge is 0.306 e. The first-order valence-electron chi connectivity index (χ1n) is 3.61. The lowest BCUT2D eigenvalue weighted by molar-refractivity contribution is -0.317. The number of cyclic esters (lactones) is 1. The molecule has 0 aromatic carbocycles. The Hall–Kier alpha value is -1.59. The monoisotopic (exact) mass is 186 g/mol. The van der Waals surface area contributed by atoms with Crippen LogP contribution in [0.4, 0.5) is 0 Å². The Labute approximate surface area is 73.1 Å². The molecule has 72 valence electrons. The molecule has 0 radical (unpaired) electrons. The molecule has 0 spiro atoms. The Morgan fingerprint density at radius 3 is 2.54 bits per heavy atom. The van der Waals surface area contributed by atoms with E-state index >= 15 is 0 Å². The second-order valence-corrected chi connectivity index (χ2v) is 2.77. The van der Waals surface area contributed by atoms with E-state index in [0.29, 0.717) is 0 Å². The Morgan fingerprint density at radius 1 is 1.46 bits per heavy atom. The lowest BCUT2D eigenvalue weighted by Gasteiger charge is -2.17. The van der Waals surface area contributed by atoms with E-state index in [2.05, 4.69) is 4.74 Å². The molecule has 0 bridgehead atoms. The van der Waals surface area contributed by atoms with Gasteiger partial charge in [-0.15, -0.1) is 0 Å². The van der Waals surface area contributed by atoms with Gasteiger partial charge in [-0.3, -0.25) is 4.79 Å². The van der Waals surface area contributed by atoms with Crippen LogP contribution in [0.25, 0.3) is 0 Å². The summed E-state index contributed by atoms with van der Waals surface area (Å²) >= 11 is 0. The fourth-order valence-corrected chi connectivity index (χ4v) is 1.24. The minimum Gasteiger partial charge on any atom is -0.550 e. The van der Waals surface area contributed by atoms with E-state index in [-0.39, 0.29) is 6.42 Å². The highest BCUT2D eigenvalue weighted by atomic mass is 16.6. The SMILES string of the molecule is O=C([O-])C[C@@H]1CC(=O)O[C@H]1C(=O)[O-]. The number of rotatable bonds is 3. The summed E-state index contributed by atoms with van der Waals surface area (Å²) in [6, 6.07) is 0. The van der Waals surface area contributed by atoms with Gasteiger partial charge in [-0.2, -0.15) is 0 Å². The average molecular weight is 186 g/mol. The van der Waals surface area contributed by atoms with Crippen LogP contribution in [0.5, 0.6) is 0 Å². The number of hydrogen-bond acceptors (Lipinski definition) is 6. The second kappa shape index (κ2) is 3.42. The van der Waals surface area contributed by atoms with Crippen molar-refractivity contribution < 1.29 is 29.3 Å². The van der Waals surface area contributed by atoms with Gasteiger partial charge in [0.1, 0.15) is 6.10 Å². The number of hydrogen-bond donors (Lipinski definition) is 0. The highest BCUT2D eigenvalue weighted by Gasteiger charge is 2.35. The molecule has 0 aliphatic carbocycles. The number of aliphatic carboxylic acids is 2. The summed E-state index contributed by atoms with van der Waals surface area (Å²) < 4.78 is 4.34. The zero-order chi connectivity index (χ0) is 10.0. The van der Waals surface area contributed by atoms with E-state index in [9.17, 15) is 24.6 Å². The molecule has 0 aromatic rings. The third-order valence-corrected chi connectivity index (χ3v) is 1.78. The minimum atomic E-state index is -1.57. The summed E-state index contributed by atoms with van der Waals surface area (Å²) in [5.41, 5.74) is 0. The molecule has 0 amide bonds. The predicted octanol–water partition coefficient (Wildman–Crippen LogP) is -3.19. The molecule has 1 aliphatic rings. The highest BCUT2D eigenvalue weighted by molar-refractivity contribution is 5.82. The van der Waals surface area contributed by atoms with E-state index in [0.717, 1.165) is 0 Å². The van der Waals surface area contributed by atoms with Gasteiger partial charge in [-0.05, 0) is 6.42 Å². The standard InChI is InChI=1S/C7H8O6/c8-4(9)1-3-2-5(10)13-6(3)7(11)12/h3,6H,1-2H2,(H,8,9)(H,11,12)/p-2/t3-,6-/m1/s1. The Bertz CT molecular complexity index is 258. The molecule has 6 heteroatoms. The van der Waals surface area contributed by atoms with Crippen molar-refractivity contribution in [3.63, 3.8) is 0 Å². The second-order valence-electron chi connectivity index (χ2n) is 2.77. The Morgan fingerprint density at radius 2 is 2.08 bits per heavy atom. The third kappa shape index (κ3) is 2.17. The van der Waals surface area contributed by atoms with Crippen LogP contribution in [0, 0.1) is 5.92 Å².